The van der Waals surface area contributed by atoms with Crippen molar-refractivity contribution >= 4 is 5.97 Å². The lowest BCUT2D eigenvalue weighted by atomic mass is 10.1. The highest BCUT2D eigenvalue weighted by Gasteiger charge is 2.16. The zero-order valence-corrected chi connectivity index (χ0v) is 11.9. The third kappa shape index (κ3) is 6.65. The van der Waals surface area contributed by atoms with Crippen molar-refractivity contribution in [3.8, 4) is 0 Å². The van der Waals surface area contributed by atoms with Gasteiger partial charge in [-0.15, -0.1) is 0 Å². The van der Waals surface area contributed by atoms with E-state index >= 15 is 0 Å². The fourth-order valence-corrected chi connectivity index (χ4v) is 1.90. The van der Waals surface area contributed by atoms with Crippen LogP contribution in [0.25, 0.3) is 0 Å². The normalized spacial score (nSPS) is 12.6. The minimum Gasteiger partial charge on any atom is -0.481 e. The number of aliphatic carboxylic acids is 1. The van der Waals surface area contributed by atoms with E-state index in [4.69, 9.17) is 14.9 Å². The lowest BCUT2D eigenvalue weighted by Gasteiger charge is -2.24. The molecule has 1 atom stereocenters. The molecular weight excluding hydrogens is 258 g/mol. The van der Waals surface area contributed by atoms with Gasteiger partial charge in [-0.25, -0.2) is 0 Å². The molecule has 112 valence electrons. The maximum Gasteiger partial charge on any atom is 0.307 e. The molecule has 0 aliphatic rings. The summed E-state index contributed by atoms with van der Waals surface area (Å²) in [5.41, 5.74) is 1.15. The second kappa shape index (κ2) is 9.47. The van der Waals surface area contributed by atoms with Gasteiger partial charge in [-0.2, -0.15) is 0 Å². The Balaban J connectivity index is 2.51. The van der Waals surface area contributed by atoms with Gasteiger partial charge < -0.3 is 14.9 Å². The molecule has 0 heterocycles. The molecule has 1 unspecified atom stereocenters. The smallest absolute Gasteiger partial charge is 0.307 e. The number of nitrogens with zero attached hydrogens (tertiary/aromatic N) is 1. The van der Waals surface area contributed by atoms with Crippen LogP contribution in [0.2, 0.25) is 0 Å². The highest BCUT2D eigenvalue weighted by molar-refractivity contribution is 5.69. The summed E-state index contributed by atoms with van der Waals surface area (Å²) in [6.45, 7) is 4.33. The summed E-state index contributed by atoms with van der Waals surface area (Å²) in [7, 11) is 0. The van der Waals surface area contributed by atoms with Gasteiger partial charge in [-0.1, -0.05) is 37.3 Å². The molecule has 0 saturated heterocycles. The van der Waals surface area contributed by atoms with E-state index < -0.39 is 11.9 Å². The maximum absolute atomic E-state index is 11.0. The van der Waals surface area contributed by atoms with E-state index in [0.29, 0.717) is 32.8 Å². The van der Waals surface area contributed by atoms with E-state index in [2.05, 4.69) is 4.90 Å². The second-order valence-corrected chi connectivity index (χ2v) is 4.80. The molecule has 0 fully saturated rings. The first-order valence-electron chi connectivity index (χ1n) is 6.81. The van der Waals surface area contributed by atoms with Gasteiger partial charge in [0.15, 0.2) is 0 Å². The summed E-state index contributed by atoms with van der Waals surface area (Å²) in [5.74, 6) is -1.21. The van der Waals surface area contributed by atoms with Crippen molar-refractivity contribution in [2.45, 2.75) is 13.5 Å². The number of carboxylic acids is 1. The van der Waals surface area contributed by atoms with Gasteiger partial charge in [0.1, 0.15) is 0 Å². The molecule has 5 nitrogen and oxygen atoms in total. The van der Waals surface area contributed by atoms with E-state index in [0.717, 1.165) is 5.56 Å². The quantitative estimate of drug-likeness (QED) is 0.631. The van der Waals surface area contributed by atoms with Crippen LogP contribution in [0.5, 0.6) is 0 Å². The largest absolute Gasteiger partial charge is 0.481 e. The van der Waals surface area contributed by atoms with E-state index in [1.54, 1.807) is 6.92 Å². The topological polar surface area (TPSA) is 70.0 Å². The highest BCUT2D eigenvalue weighted by atomic mass is 16.5. The number of aliphatic hydroxyl groups is 1. The van der Waals surface area contributed by atoms with Crippen molar-refractivity contribution in [2.75, 3.05) is 32.9 Å². The van der Waals surface area contributed by atoms with Crippen LogP contribution >= 0.6 is 0 Å². The molecule has 0 aromatic heterocycles. The van der Waals surface area contributed by atoms with Crippen molar-refractivity contribution in [2.24, 2.45) is 5.92 Å². The molecule has 0 aliphatic heterocycles. The molecule has 20 heavy (non-hydrogen) atoms. The fraction of sp³-hybridized carbons (Fsp3) is 0.533. The fourth-order valence-electron chi connectivity index (χ4n) is 1.90. The van der Waals surface area contributed by atoms with Gasteiger partial charge in [0, 0.05) is 19.6 Å². The number of benzene rings is 1. The summed E-state index contributed by atoms with van der Waals surface area (Å²) in [5, 5.41) is 17.7. The lowest BCUT2D eigenvalue weighted by molar-refractivity contribution is -0.141. The Labute approximate surface area is 119 Å². The number of carbonyl (C=O) groups is 1. The van der Waals surface area contributed by atoms with E-state index in [9.17, 15) is 4.79 Å². The number of ether oxygens (including phenoxy) is 1. The van der Waals surface area contributed by atoms with Crippen LogP contribution in [0.4, 0.5) is 0 Å². The first kappa shape index (κ1) is 16.6. The molecule has 0 amide bonds. The van der Waals surface area contributed by atoms with E-state index in [-0.39, 0.29) is 6.61 Å². The first-order valence-corrected chi connectivity index (χ1v) is 6.81. The molecule has 0 saturated carbocycles. The third-order valence-electron chi connectivity index (χ3n) is 2.99. The summed E-state index contributed by atoms with van der Waals surface area (Å²) < 4.78 is 5.25. The Bertz CT molecular complexity index is 383. The number of aliphatic hydroxyl groups excluding tert-OH is 1. The predicted octanol–water partition coefficient (Wildman–Crippen LogP) is 1.22. The van der Waals surface area contributed by atoms with E-state index in [1.807, 2.05) is 30.3 Å². The lowest BCUT2D eigenvalue weighted by Crippen LogP contribution is -2.34. The number of carboxylic acid groups (broad SMARTS) is 1. The van der Waals surface area contributed by atoms with Gasteiger partial charge in [-0.3, -0.25) is 9.69 Å². The van der Waals surface area contributed by atoms with Crippen LogP contribution < -0.4 is 0 Å². The molecular formula is C15H23NO4. The van der Waals surface area contributed by atoms with Crippen molar-refractivity contribution in [1.29, 1.82) is 0 Å². The molecule has 1 aromatic carbocycles. The number of hydrogen-bond donors (Lipinski definition) is 2. The van der Waals surface area contributed by atoms with Crippen LogP contribution in [0.3, 0.4) is 0 Å². The third-order valence-corrected chi connectivity index (χ3v) is 2.99. The summed E-state index contributed by atoms with van der Waals surface area (Å²) in [6, 6.07) is 9.94. The molecule has 2 N–H and O–H groups in total. The molecule has 0 radical (unpaired) electrons. The van der Waals surface area contributed by atoms with E-state index in [1.165, 1.54) is 0 Å². The second-order valence-electron chi connectivity index (χ2n) is 4.80. The van der Waals surface area contributed by atoms with Crippen molar-refractivity contribution in [3.63, 3.8) is 0 Å². The molecule has 1 rings (SSSR count). The predicted molar refractivity (Wildman–Crippen MR) is 76.4 cm³/mol. The minimum absolute atomic E-state index is 0.00418. The monoisotopic (exact) mass is 281 g/mol. The van der Waals surface area contributed by atoms with Crippen LogP contribution in [0, 0.1) is 5.92 Å². The molecule has 0 spiro atoms. The Kier molecular flexibility index (Phi) is 7.87. The number of rotatable bonds is 10. The van der Waals surface area contributed by atoms with Gasteiger partial charge in [0.2, 0.25) is 0 Å². The summed E-state index contributed by atoms with van der Waals surface area (Å²) in [4.78, 5) is 13.0. The van der Waals surface area contributed by atoms with Crippen LogP contribution in [0.1, 0.15) is 12.5 Å². The van der Waals surface area contributed by atoms with Gasteiger partial charge in [0.05, 0.1) is 25.7 Å². The Hall–Kier alpha value is -1.43. The van der Waals surface area contributed by atoms with Gasteiger partial charge >= 0.3 is 5.97 Å². The van der Waals surface area contributed by atoms with Crippen LogP contribution in [-0.2, 0) is 16.1 Å². The van der Waals surface area contributed by atoms with Crippen molar-refractivity contribution in [3.05, 3.63) is 35.9 Å². The number of hydrogen-bond acceptors (Lipinski definition) is 4. The maximum atomic E-state index is 11.0. The SMILES string of the molecule is CC(CN(CCOCCO)Cc1ccccc1)C(=O)O. The Morgan fingerprint density at radius 3 is 2.60 bits per heavy atom. The Morgan fingerprint density at radius 2 is 2.00 bits per heavy atom. The average molecular weight is 281 g/mol. The van der Waals surface area contributed by atoms with Gasteiger partial charge in [-0.05, 0) is 5.56 Å². The summed E-state index contributed by atoms with van der Waals surface area (Å²) in [6.07, 6.45) is 0. The van der Waals surface area contributed by atoms with Crippen LogP contribution in [0.15, 0.2) is 30.3 Å². The highest BCUT2D eigenvalue weighted by Crippen LogP contribution is 2.07. The van der Waals surface area contributed by atoms with Crippen molar-refractivity contribution in [1.82, 2.24) is 4.90 Å². The van der Waals surface area contributed by atoms with Crippen molar-refractivity contribution < 1.29 is 19.7 Å². The molecule has 1 aromatic rings. The Morgan fingerprint density at radius 1 is 1.30 bits per heavy atom. The molecule has 5 heteroatoms. The average Bonchev–Trinajstić information content (AvgIpc) is 2.44. The standard InChI is InChI=1S/C15H23NO4/c1-13(15(18)19)11-16(7-9-20-10-8-17)12-14-5-3-2-4-6-14/h2-6,13,17H,7-12H2,1H3,(H,18,19). The zero-order valence-electron chi connectivity index (χ0n) is 11.9. The van der Waals surface area contributed by atoms with Gasteiger partial charge in [0.25, 0.3) is 0 Å². The summed E-state index contributed by atoms with van der Waals surface area (Å²) >= 11 is 0. The first-order chi connectivity index (χ1) is 9.63. The van der Waals surface area contributed by atoms with Crippen LogP contribution in [-0.4, -0.2) is 54.0 Å². The minimum atomic E-state index is -0.792. The molecule has 0 bridgehead atoms. The molecule has 0 aliphatic carbocycles. The zero-order chi connectivity index (χ0) is 14.8.